The van der Waals surface area contributed by atoms with E-state index in [0.717, 1.165) is 24.3 Å². The van der Waals surface area contributed by atoms with Gasteiger partial charge in [-0.1, -0.05) is 6.07 Å². The Morgan fingerprint density at radius 2 is 2.22 bits per heavy atom. The van der Waals surface area contributed by atoms with E-state index in [-0.39, 0.29) is 0 Å². The maximum absolute atomic E-state index is 8.94. The number of hydrogen-bond donors (Lipinski definition) is 1. The number of benzene rings is 1. The average molecular weight is 243 g/mol. The summed E-state index contributed by atoms with van der Waals surface area (Å²) in [5.41, 5.74) is 3.03. The number of likely N-dealkylation sites (tertiary alicyclic amines) is 1. The lowest BCUT2D eigenvalue weighted by atomic mass is 10.1. The van der Waals surface area contributed by atoms with Gasteiger partial charge in [-0.15, -0.1) is 0 Å². The van der Waals surface area contributed by atoms with Crippen LogP contribution in [0.15, 0.2) is 18.2 Å². The van der Waals surface area contributed by atoms with Crippen molar-refractivity contribution >= 4 is 5.69 Å². The second kappa shape index (κ2) is 5.41. The van der Waals surface area contributed by atoms with Gasteiger partial charge in [0.2, 0.25) is 0 Å². The molecule has 0 spiro atoms. The Balaban J connectivity index is 2.04. The Kier molecular flexibility index (Phi) is 3.88. The van der Waals surface area contributed by atoms with Gasteiger partial charge in [0.15, 0.2) is 0 Å². The largest absolute Gasteiger partial charge is 0.381 e. The molecule has 1 heterocycles. The third kappa shape index (κ3) is 2.83. The van der Waals surface area contributed by atoms with Crippen LogP contribution in [-0.2, 0) is 0 Å². The molecular weight excluding hydrogens is 222 g/mol. The van der Waals surface area contributed by atoms with E-state index in [0.29, 0.717) is 12.1 Å². The van der Waals surface area contributed by atoms with Gasteiger partial charge in [0.25, 0.3) is 0 Å². The van der Waals surface area contributed by atoms with E-state index in [2.05, 4.69) is 37.1 Å². The standard InChI is InChI=1S/C15H21N3/c1-11(2)18-7-6-14(10-18)17-15-8-13(9-16)5-4-12(15)3/h4-5,8,11,14,17H,6-7,10H2,1-3H3. The lowest BCUT2D eigenvalue weighted by Crippen LogP contribution is -2.31. The van der Waals surface area contributed by atoms with Gasteiger partial charge in [0.1, 0.15) is 0 Å². The molecule has 3 heteroatoms. The quantitative estimate of drug-likeness (QED) is 0.887. The van der Waals surface area contributed by atoms with Crippen LogP contribution < -0.4 is 5.32 Å². The molecule has 1 fully saturated rings. The molecule has 1 aliphatic heterocycles. The first-order valence-electron chi connectivity index (χ1n) is 6.61. The van der Waals surface area contributed by atoms with Crippen molar-refractivity contribution in [2.45, 2.75) is 39.3 Å². The molecule has 0 radical (unpaired) electrons. The van der Waals surface area contributed by atoms with Crippen LogP contribution in [0.1, 0.15) is 31.4 Å². The van der Waals surface area contributed by atoms with Crippen LogP contribution in [0.5, 0.6) is 0 Å². The van der Waals surface area contributed by atoms with Gasteiger partial charge in [-0.25, -0.2) is 0 Å². The maximum Gasteiger partial charge on any atom is 0.0992 e. The normalized spacial score (nSPS) is 20.1. The molecular formula is C15H21N3. The zero-order chi connectivity index (χ0) is 13.1. The number of nitriles is 1. The van der Waals surface area contributed by atoms with Crippen molar-refractivity contribution in [3.63, 3.8) is 0 Å². The van der Waals surface area contributed by atoms with Crippen molar-refractivity contribution in [2.75, 3.05) is 18.4 Å². The lowest BCUT2D eigenvalue weighted by molar-refractivity contribution is 0.274. The minimum Gasteiger partial charge on any atom is -0.381 e. The summed E-state index contributed by atoms with van der Waals surface area (Å²) in [5.74, 6) is 0. The SMILES string of the molecule is Cc1ccc(C#N)cc1NC1CCN(C(C)C)C1. The first-order chi connectivity index (χ1) is 8.60. The first-order valence-corrected chi connectivity index (χ1v) is 6.61. The number of nitrogens with one attached hydrogen (secondary N) is 1. The second-order valence-electron chi connectivity index (χ2n) is 5.36. The van der Waals surface area contributed by atoms with Crippen LogP contribution in [0.2, 0.25) is 0 Å². The molecule has 0 aliphatic carbocycles. The molecule has 18 heavy (non-hydrogen) atoms. The van der Waals surface area contributed by atoms with E-state index in [4.69, 9.17) is 5.26 Å². The van der Waals surface area contributed by atoms with Crippen LogP contribution in [0.3, 0.4) is 0 Å². The van der Waals surface area contributed by atoms with Gasteiger partial charge in [-0.3, -0.25) is 4.90 Å². The molecule has 1 aromatic rings. The fourth-order valence-electron chi connectivity index (χ4n) is 2.44. The van der Waals surface area contributed by atoms with Crippen molar-refractivity contribution in [3.05, 3.63) is 29.3 Å². The molecule has 1 aliphatic rings. The van der Waals surface area contributed by atoms with Crippen molar-refractivity contribution in [1.29, 1.82) is 5.26 Å². The molecule has 1 atom stereocenters. The smallest absolute Gasteiger partial charge is 0.0992 e. The molecule has 1 saturated heterocycles. The van der Waals surface area contributed by atoms with Crippen molar-refractivity contribution < 1.29 is 0 Å². The van der Waals surface area contributed by atoms with Crippen molar-refractivity contribution in [3.8, 4) is 6.07 Å². The summed E-state index contributed by atoms with van der Waals surface area (Å²) in [7, 11) is 0. The number of anilines is 1. The molecule has 0 amide bonds. The molecule has 0 saturated carbocycles. The van der Waals surface area contributed by atoms with Crippen LogP contribution >= 0.6 is 0 Å². The van der Waals surface area contributed by atoms with Gasteiger partial charge < -0.3 is 5.32 Å². The Labute approximate surface area is 109 Å². The first kappa shape index (κ1) is 12.9. The maximum atomic E-state index is 8.94. The predicted octanol–water partition coefficient (Wildman–Crippen LogP) is 2.76. The van der Waals surface area contributed by atoms with Gasteiger partial charge >= 0.3 is 0 Å². The molecule has 2 rings (SSSR count). The van der Waals surface area contributed by atoms with Crippen LogP contribution in [0.25, 0.3) is 0 Å². The highest BCUT2D eigenvalue weighted by atomic mass is 15.2. The van der Waals surface area contributed by atoms with Crippen LogP contribution in [0.4, 0.5) is 5.69 Å². The Morgan fingerprint density at radius 1 is 1.44 bits per heavy atom. The molecule has 3 nitrogen and oxygen atoms in total. The summed E-state index contributed by atoms with van der Waals surface area (Å²) < 4.78 is 0. The fraction of sp³-hybridized carbons (Fsp3) is 0.533. The average Bonchev–Trinajstić information content (AvgIpc) is 2.81. The fourth-order valence-corrected chi connectivity index (χ4v) is 2.44. The number of aryl methyl sites for hydroxylation is 1. The summed E-state index contributed by atoms with van der Waals surface area (Å²) in [4.78, 5) is 2.49. The monoisotopic (exact) mass is 243 g/mol. The zero-order valence-electron chi connectivity index (χ0n) is 11.4. The third-order valence-corrected chi connectivity index (χ3v) is 3.68. The van der Waals surface area contributed by atoms with E-state index in [1.807, 2.05) is 18.2 Å². The topological polar surface area (TPSA) is 39.1 Å². The van der Waals surface area contributed by atoms with E-state index in [9.17, 15) is 0 Å². The van der Waals surface area contributed by atoms with Crippen molar-refractivity contribution in [1.82, 2.24) is 4.90 Å². The van der Waals surface area contributed by atoms with Crippen molar-refractivity contribution in [2.24, 2.45) is 0 Å². The highest BCUT2D eigenvalue weighted by Crippen LogP contribution is 2.21. The predicted molar refractivity (Wildman–Crippen MR) is 74.6 cm³/mol. The minimum absolute atomic E-state index is 0.500. The Morgan fingerprint density at radius 3 is 2.83 bits per heavy atom. The number of nitrogens with zero attached hydrogens (tertiary/aromatic N) is 2. The lowest BCUT2D eigenvalue weighted by Gasteiger charge is -2.21. The molecule has 1 unspecified atom stereocenters. The third-order valence-electron chi connectivity index (χ3n) is 3.68. The van der Waals surface area contributed by atoms with E-state index >= 15 is 0 Å². The van der Waals surface area contributed by atoms with Gasteiger partial charge in [-0.2, -0.15) is 5.26 Å². The molecule has 0 bridgehead atoms. The summed E-state index contributed by atoms with van der Waals surface area (Å²) in [6, 6.07) is 9.14. The molecule has 0 aromatic heterocycles. The highest BCUT2D eigenvalue weighted by Gasteiger charge is 2.24. The van der Waals surface area contributed by atoms with E-state index in [1.165, 1.54) is 12.0 Å². The highest BCUT2D eigenvalue weighted by molar-refractivity contribution is 5.55. The minimum atomic E-state index is 0.500. The number of hydrogen-bond acceptors (Lipinski definition) is 3. The summed E-state index contributed by atoms with van der Waals surface area (Å²) in [6.45, 7) is 8.81. The second-order valence-corrected chi connectivity index (χ2v) is 5.36. The Hall–Kier alpha value is -1.53. The molecule has 1 N–H and O–H groups in total. The van der Waals surface area contributed by atoms with Gasteiger partial charge in [-0.05, 0) is 44.9 Å². The zero-order valence-corrected chi connectivity index (χ0v) is 11.4. The van der Waals surface area contributed by atoms with Crippen LogP contribution in [-0.4, -0.2) is 30.1 Å². The molecule has 1 aromatic carbocycles. The van der Waals surface area contributed by atoms with Gasteiger partial charge in [0.05, 0.1) is 11.6 Å². The number of rotatable bonds is 3. The van der Waals surface area contributed by atoms with E-state index in [1.54, 1.807) is 0 Å². The van der Waals surface area contributed by atoms with Gasteiger partial charge in [0, 0.05) is 30.9 Å². The molecule has 96 valence electrons. The summed E-state index contributed by atoms with van der Waals surface area (Å²) in [5, 5.41) is 12.5. The summed E-state index contributed by atoms with van der Waals surface area (Å²) >= 11 is 0. The Bertz CT molecular complexity index is 459. The van der Waals surface area contributed by atoms with E-state index < -0.39 is 0 Å². The van der Waals surface area contributed by atoms with Crippen LogP contribution in [0, 0.1) is 18.3 Å². The summed E-state index contributed by atoms with van der Waals surface area (Å²) in [6.07, 6.45) is 1.18.